The number of hydrogen-bond donors (Lipinski definition) is 2. The fourth-order valence-electron chi connectivity index (χ4n) is 1.66. The zero-order valence-electron chi connectivity index (χ0n) is 8.61. The molecule has 2 N–H and O–H groups in total. The predicted octanol–water partition coefficient (Wildman–Crippen LogP) is 0.466. The van der Waals surface area contributed by atoms with Gasteiger partial charge in [-0.2, -0.15) is 0 Å². The van der Waals surface area contributed by atoms with Gasteiger partial charge in [-0.25, -0.2) is 17.5 Å². The average Bonchev–Trinajstić information content (AvgIpc) is 2.70. The first kappa shape index (κ1) is 11.5. The summed E-state index contributed by atoms with van der Waals surface area (Å²) >= 11 is 0. The summed E-state index contributed by atoms with van der Waals surface area (Å²) in [5, 5.41) is 3.07. The minimum atomic E-state index is -3.52. The van der Waals surface area contributed by atoms with Gasteiger partial charge in [0.25, 0.3) is 0 Å². The van der Waals surface area contributed by atoms with E-state index < -0.39 is 15.8 Å². The molecule has 1 unspecified atom stereocenters. The largest absolute Gasteiger partial charge is 0.315 e. The number of halogens is 1. The van der Waals surface area contributed by atoms with E-state index in [2.05, 4.69) is 10.0 Å². The number of rotatable bonds is 3. The molecule has 1 saturated heterocycles. The van der Waals surface area contributed by atoms with Gasteiger partial charge in [0.2, 0.25) is 10.0 Å². The van der Waals surface area contributed by atoms with E-state index in [1.165, 1.54) is 12.1 Å². The molecule has 2 rings (SSSR count). The van der Waals surface area contributed by atoms with Crippen LogP contribution in [0.15, 0.2) is 29.2 Å². The van der Waals surface area contributed by atoms with Crippen LogP contribution in [0.3, 0.4) is 0 Å². The fourth-order valence-corrected chi connectivity index (χ4v) is 2.93. The molecule has 1 aromatic rings. The average molecular weight is 244 g/mol. The van der Waals surface area contributed by atoms with Crippen molar-refractivity contribution in [1.29, 1.82) is 0 Å². The minimum Gasteiger partial charge on any atom is -0.315 e. The Kier molecular flexibility index (Phi) is 3.22. The zero-order chi connectivity index (χ0) is 11.6. The summed E-state index contributed by atoms with van der Waals surface area (Å²) in [6.07, 6.45) is 0.778. The molecule has 0 amide bonds. The van der Waals surface area contributed by atoms with Gasteiger partial charge in [-0.1, -0.05) is 0 Å². The summed E-state index contributed by atoms with van der Waals surface area (Å²) in [4.78, 5) is 0.0980. The molecule has 1 aliphatic rings. The quantitative estimate of drug-likeness (QED) is 0.812. The molecule has 0 aliphatic carbocycles. The van der Waals surface area contributed by atoms with Crippen molar-refractivity contribution in [2.45, 2.75) is 17.4 Å². The minimum absolute atomic E-state index is 0.0740. The van der Waals surface area contributed by atoms with Gasteiger partial charge in [-0.05, 0) is 37.2 Å². The third-order valence-corrected chi connectivity index (χ3v) is 4.04. The van der Waals surface area contributed by atoms with Crippen LogP contribution in [0, 0.1) is 5.82 Å². The van der Waals surface area contributed by atoms with E-state index in [9.17, 15) is 12.8 Å². The molecule has 0 spiro atoms. The summed E-state index contributed by atoms with van der Waals surface area (Å²) in [5.41, 5.74) is 0. The molecule has 0 radical (unpaired) electrons. The molecule has 4 nitrogen and oxygen atoms in total. The van der Waals surface area contributed by atoms with E-state index in [0.717, 1.165) is 25.1 Å². The van der Waals surface area contributed by atoms with Crippen molar-refractivity contribution in [1.82, 2.24) is 10.0 Å². The zero-order valence-corrected chi connectivity index (χ0v) is 9.43. The smallest absolute Gasteiger partial charge is 0.240 e. The number of benzene rings is 1. The lowest BCUT2D eigenvalue weighted by Crippen LogP contribution is -2.36. The number of hydrogen-bond acceptors (Lipinski definition) is 3. The van der Waals surface area contributed by atoms with Crippen LogP contribution in [-0.2, 0) is 10.0 Å². The van der Waals surface area contributed by atoms with Crippen LogP contribution in [-0.4, -0.2) is 27.5 Å². The van der Waals surface area contributed by atoms with E-state index in [1.54, 1.807) is 0 Å². The maximum absolute atomic E-state index is 12.7. The predicted molar refractivity (Wildman–Crippen MR) is 58.0 cm³/mol. The second-order valence-electron chi connectivity index (χ2n) is 3.76. The van der Waals surface area contributed by atoms with Gasteiger partial charge in [0, 0.05) is 12.6 Å². The number of sulfonamides is 1. The Labute approximate surface area is 93.9 Å². The SMILES string of the molecule is O=S(=O)(NC1CCNC1)c1ccc(F)cc1. The second-order valence-corrected chi connectivity index (χ2v) is 5.48. The normalized spacial score (nSPS) is 21.2. The van der Waals surface area contributed by atoms with Crippen LogP contribution in [0.2, 0.25) is 0 Å². The molecule has 0 saturated carbocycles. The lowest BCUT2D eigenvalue weighted by molar-refractivity contribution is 0.559. The molecule has 0 aromatic heterocycles. The summed E-state index contributed by atoms with van der Waals surface area (Å²) in [6, 6.07) is 4.73. The first-order chi connectivity index (χ1) is 7.58. The molecular weight excluding hydrogens is 231 g/mol. The molecular formula is C10H13FN2O2S. The van der Waals surface area contributed by atoms with Gasteiger partial charge < -0.3 is 5.32 Å². The third kappa shape index (κ3) is 2.58. The van der Waals surface area contributed by atoms with Gasteiger partial charge in [0.1, 0.15) is 5.82 Å². The molecule has 88 valence electrons. The van der Waals surface area contributed by atoms with Gasteiger partial charge in [0.15, 0.2) is 0 Å². The Bertz CT molecular complexity index is 452. The Morgan fingerprint density at radius 1 is 1.31 bits per heavy atom. The third-order valence-electron chi connectivity index (χ3n) is 2.51. The molecule has 0 bridgehead atoms. The van der Waals surface area contributed by atoms with E-state index in [0.29, 0.717) is 6.54 Å². The lowest BCUT2D eigenvalue weighted by atomic mass is 10.3. The number of nitrogens with one attached hydrogen (secondary N) is 2. The highest BCUT2D eigenvalue weighted by Crippen LogP contribution is 2.11. The van der Waals surface area contributed by atoms with Crippen molar-refractivity contribution in [2.24, 2.45) is 0 Å². The van der Waals surface area contributed by atoms with Crippen molar-refractivity contribution < 1.29 is 12.8 Å². The highest BCUT2D eigenvalue weighted by molar-refractivity contribution is 7.89. The summed E-state index contributed by atoms with van der Waals surface area (Å²) in [6.45, 7) is 1.46. The monoisotopic (exact) mass is 244 g/mol. The van der Waals surface area contributed by atoms with E-state index in [-0.39, 0.29) is 10.9 Å². The Morgan fingerprint density at radius 3 is 2.56 bits per heavy atom. The van der Waals surface area contributed by atoms with Crippen LogP contribution >= 0.6 is 0 Å². The van der Waals surface area contributed by atoms with E-state index >= 15 is 0 Å². The topological polar surface area (TPSA) is 58.2 Å². The summed E-state index contributed by atoms with van der Waals surface area (Å²) < 4.78 is 38.9. The molecule has 1 aliphatic heterocycles. The van der Waals surface area contributed by atoms with E-state index in [4.69, 9.17) is 0 Å². The van der Waals surface area contributed by atoms with Crippen molar-refractivity contribution in [3.8, 4) is 0 Å². The molecule has 1 fully saturated rings. The van der Waals surface area contributed by atoms with Crippen LogP contribution in [0.5, 0.6) is 0 Å². The molecule has 6 heteroatoms. The Hall–Kier alpha value is -0.980. The molecule has 1 aromatic carbocycles. The fraction of sp³-hybridized carbons (Fsp3) is 0.400. The van der Waals surface area contributed by atoms with Crippen LogP contribution < -0.4 is 10.0 Å². The highest BCUT2D eigenvalue weighted by Gasteiger charge is 2.22. The van der Waals surface area contributed by atoms with Crippen molar-refractivity contribution in [3.05, 3.63) is 30.1 Å². The van der Waals surface area contributed by atoms with Gasteiger partial charge in [-0.15, -0.1) is 0 Å². The van der Waals surface area contributed by atoms with Crippen LogP contribution in [0.4, 0.5) is 4.39 Å². The van der Waals surface area contributed by atoms with Crippen LogP contribution in [0.25, 0.3) is 0 Å². The van der Waals surface area contributed by atoms with Gasteiger partial charge >= 0.3 is 0 Å². The van der Waals surface area contributed by atoms with Gasteiger partial charge in [0.05, 0.1) is 4.90 Å². The Balaban J connectivity index is 2.14. The molecule has 1 atom stereocenters. The summed E-state index contributed by atoms with van der Waals surface area (Å²) in [5.74, 6) is -0.443. The standard InChI is InChI=1S/C10H13FN2O2S/c11-8-1-3-10(4-2-8)16(14,15)13-9-5-6-12-7-9/h1-4,9,12-13H,5-7H2. The first-order valence-electron chi connectivity index (χ1n) is 5.06. The van der Waals surface area contributed by atoms with Crippen molar-refractivity contribution >= 4 is 10.0 Å². The first-order valence-corrected chi connectivity index (χ1v) is 6.55. The second kappa shape index (κ2) is 4.48. The molecule has 16 heavy (non-hydrogen) atoms. The van der Waals surface area contributed by atoms with Gasteiger partial charge in [-0.3, -0.25) is 0 Å². The Morgan fingerprint density at radius 2 is 2.00 bits per heavy atom. The summed E-state index contributed by atoms with van der Waals surface area (Å²) in [7, 11) is -3.52. The van der Waals surface area contributed by atoms with Crippen LogP contribution in [0.1, 0.15) is 6.42 Å². The highest BCUT2D eigenvalue weighted by atomic mass is 32.2. The maximum Gasteiger partial charge on any atom is 0.240 e. The van der Waals surface area contributed by atoms with Crippen molar-refractivity contribution in [2.75, 3.05) is 13.1 Å². The maximum atomic E-state index is 12.7. The van der Waals surface area contributed by atoms with Crippen molar-refractivity contribution in [3.63, 3.8) is 0 Å². The molecule has 1 heterocycles. The lowest BCUT2D eigenvalue weighted by Gasteiger charge is -2.11. The van der Waals surface area contributed by atoms with E-state index in [1.807, 2.05) is 0 Å².